The number of aryl methyl sites for hydroxylation is 1. The molecular weight excluding hydrogens is 258 g/mol. The zero-order valence-electron chi connectivity index (χ0n) is 8.83. The summed E-state index contributed by atoms with van der Waals surface area (Å²) in [6, 6.07) is 6.07. The summed E-state index contributed by atoms with van der Waals surface area (Å²) in [6.07, 6.45) is 0. The molecular formula is C11H14BrNO2. The van der Waals surface area contributed by atoms with E-state index in [2.05, 4.69) is 15.9 Å². The maximum absolute atomic E-state index is 10.5. The minimum atomic E-state index is -0.805. The molecule has 0 amide bonds. The molecule has 4 heteroatoms. The largest absolute Gasteiger partial charge is 0.480 e. The highest BCUT2D eigenvalue weighted by Crippen LogP contribution is 2.19. The van der Waals surface area contributed by atoms with Gasteiger partial charge in [-0.3, -0.25) is 9.69 Å². The van der Waals surface area contributed by atoms with E-state index in [4.69, 9.17) is 5.11 Å². The molecule has 0 aromatic heterocycles. The van der Waals surface area contributed by atoms with Gasteiger partial charge in [0.1, 0.15) is 0 Å². The summed E-state index contributed by atoms with van der Waals surface area (Å²) < 4.78 is 1.03. The average molecular weight is 272 g/mol. The number of likely N-dealkylation sites (N-methyl/N-ethyl adjacent to an activating group) is 1. The van der Waals surface area contributed by atoms with Gasteiger partial charge in [-0.1, -0.05) is 28.1 Å². The Bertz CT molecular complexity index is 366. The minimum absolute atomic E-state index is 0.0559. The van der Waals surface area contributed by atoms with Gasteiger partial charge in [0.05, 0.1) is 6.54 Å². The van der Waals surface area contributed by atoms with Gasteiger partial charge in [-0.25, -0.2) is 0 Å². The Morgan fingerprint density at radius 2 is 2.20 bits per heavy atom. The summed E-state index contributed by atoms with van der Waals surface area (Å²) in [7, 11) is 1.79. The molecule has 0 aliphatic carbocycles. The number of benzene rings is 1. The molecule has 0 saturated heterocycles. The third-order valence-electron chi connectivity index (χ3n) is 2.05. The predicted molar refractivity (Wildman–Crippen MR) is 62.8 cm³/mol. The second-order valence-electron chi connectivity index (χ2n) is 3.66. The third kappa shape index (κ3) is 4.01. The lowest BCUT2D eigenvalue weighted by atomic mass is 10.1. The fraction of sp³-hybridized carbons (Fsp3) is 0.364. The van der Waals surface area contributed by atoms with Crippen molar-refractivity contribution in [3.05, 3.63) is 33.8 Å². The predicted octanol–water partition coefficient (Wildman–Crippen LogP) is 2.27. The van der Waals surface area contributed by atoms with Crippen LogP contribution in [-0.4, -0.2) is 29.6 Å². The van der Waals surface area contributed by atoms with E-state index in [-0.39, 0.29) is 6.54 Å². The van der Waals surface area contributed by atoms with Crippen LogP contribution in [0, 0.1) is 6.92 Å². The molecule has 82 valence electrons. The summed E-state index contributed by atoms with van der Waals surface area (Å²) >= 11 is 3.47. The Balaban J connectivity index is 2.68. The number of halogens is 1. The highest BCUT2D eigenvalue weighted by atomic mass is 79.9. The molecule has 0 spiro atoms. The molecule has 0 bridgehead atoms. The van der Waals surface area contributed by atoms with E-state index in [0.29, 0.717) is 6.54 Å². The number of aliphatic carboxylic acids is 1. The fourth-order valence-corrected chi connectivity index (χ4v) is 1.98. The Morgan fingerprint density at radius 3 is 2.73 bits per heavy atom. The number of hydrogen-bond donors (Lipinski definition) is 1. The Kier molecular flexibility index (Phi) is 4.29. The quantitative estimate of drug-likeness (QED) is 0.914. The van der Waals surface area contributed by atoms with Gasteiger partial charge in [-0.15, -0.1) is 0 Å². The van der Waals surface area contributed by atoms with Crippen LogP contribution in [0.3, 0.4) is 0 Å². The normalized spacial score (nSPS) is 10.7. The van der Waals surface area contributed by atoms with E-state index in [1.807, 2.05) is 25.1 Å². The number of carboxylic acid groups (broad SMARTS) is 1. The fourth-order valence-electron chi connectivity index (χ4n) is 1.36. The first-order valence-electron chi connectivity index (χ1n) is 4.64. The summed E-state index contributed by atoms with van der Waals surface area (Å²) in [5.74, 6) is -0.805. The van der Waals surface area contributed by atoms with Gasteiger partial charge in [-0.2, -0.15) is 0 Å². The van der Waals surface area contributed by atoms with Crippen LogP contribution < -0.4 is 0 Å². The molecule has 1 aromatic rings. The van der Waals surface area contributed by atoms with E-state index in [0.717, 1.165) is 10.0 Å². The van der Waals surface area contributed by atoms with Crippen LogP contribution in [0.2, 0.25) is 0 Å². The molecule has 0 unspecified atom stereocenters. The first kappa shape index (κ1) is 12.2. The van der Waals surface area contributed by atoms with Gasteiger partial charge in [0.25, 0.3) is 0 Å². The molecule has 0 aliphatic heterocycles. The van der Waals surface area contributed by atoms with Crippen LogP contribution in [-0.2, 0) is 11.3 Å². The van der Waals surface area contributed by atoms with E-state index in [1.54, 1.807) is 11.9 Å². The monoisotopic (exact) mass is 271 g/mol. The second-order valence-corrected chi connectivity index (χ2v) is 4.52. The van der Waals surface area contributed by atoms with Gasteiger partial charge in [-0.05, 0) is 31.2 Å². The lowest BCUT2D eigenvalue weighted by Crippen LogP contribution is -2.25. The Morgan fingerprint density at radius 1 is 1.53 bits per heavy atom. The maximum atomic E-state index is 10.5. The topological polar surface area (TPSA) is 40.5 Å². The van der Waals surface area contributed by atoms with E-state index >= 15 is 0 Å². The standard InChI is InChI=1S/C11H14BrNO2/c1-8-3-4-9(10(12)5-8)6-13(2)7-11(14)15/h3-5H,6-7H2,1-2H3,(H,14,15). The van der Waals surface area contributed by atoms with E-state index < -0.39 is 5.97 Å². The minimum Gasteiger partial charge on any atom is -0.480 e. The van der Waals surface area contributed by atoms with E-state index in [9.17, 15) is 4.79 Å². The SMILES string of the molecule is Cc1ccc(CN(C)CC(=O)O)c(Br)c1. The van der Waals surface area contributed by atoms with Crippen molar-refractivity contribution < 1.29 is 9.90 Å². The first-order valence-corrected chi connectivity index (χ1v) is 5.43. The van der Waals surface area contributed by atoms with Crippen LogP contribution in [0.25, 0.3) is 0 Å². The van der Waals surface area contributed by atoms with Crippen molar-refractivity contribution >= 4 is 21.9 Å². The molecule has 1 rings (SSSR count). The molecule has 0 aliphatic rings. The smallest absolute Gasteiger partial charge is 0.317 e. The lowest BCUT2D eigenvalue weighted by molar-refractivity contribution is -0.138. The van der Waals surface area contributed by atoms with Crippen molar-refractivity contribution in [2.45, 2.75) is 13.5 Å². The van der Waals surface area contributed by atoms with Crippen LogP contribution in [0.5, 0.6) is 0 Å². The van der Waals surface area contributed by atoms with Crippen molar-refractivity contribution in [3.8, 4) is 0 Å². The molecule has 1 N–H and O–H groups in total. The van der Waals surface area contributed by atoms with Gasteiger partial charge in [0.15, 0.2) is 0 Å². The summed E-state index contributed by atoms with van der Waals surface area (Å²) in [5.41, 5.74) is 2.29. The van der Waals surface area contributed by atoms with Gasteiger partial charge in [0, 0.05) is 11.0 Å². The molecule has 1 aromatic carbocycles. The summed E-state index contributed by atoms with van der Waals surface area (Å²) in [5, 5.41) is 8.62. The van der Waals surface area contributed by atoms with Crippen molar-refractivity contribution in [2.75, 3.05) is 13.6 Å². The number of carboxylic acids is 1. The molecule has 3 nitrogen and oxygen atoms in total. The third-order valence-corrected chi connectivity index (χ3v) is 2.79. The Hall–Kier alpha value is -0.870. The Labute approximate surface area is 97.8 Å². The highest BCUT2D eigenvalue weighted by molar-refractivity contribution is 9.10. The number of rotatable bonds is 4. The van der Waals surface area contributed by atoms with Crippen molar-refractivity contribution in [3.63, 3.8) is 0 Å². The molecule has 0 saturated carbocycles. The van der Waals surface area contributed by atoms with Gasteiger partial charge >= 0.3 is 5.97 Å². The summed E-state index contributed by atoms with van der Waals surface area (Å²) in [6.45, 7) is 2.71. The van der Waals surface area contributed by atoms with Crippen molar-refractivity contribution in [1.82, 2.24) is 4.90 Å². The molecule has 15 heavy (non-hydrogen) atoms. The average Bonchev–Trinajstić information content (AvgIpc) is 2.08. The first-order chi connectivity index (χ1) is 6.99. The lowest BCUT2D eigenvalue weighted by Gasteiger charge is -2.15. The molecule has 0 atom stereocenters. The molecule has 0 fully saturated rings. The second kappa shape index (κ2) is 5.28. The summed E-state index contributed by atoms with van der Waals surface area (Å²) in [4.78, 5) is 12.2. The molecule has 0 radical (unpaired) electrons. The van der Waals surface area contributed by atoms with Gasteiger partial charge in [0.2, 0.25) is 0 Å². The number of nitrogens with zero attached hydrogens (tertiary/aromatic N) is 1. The maximum Gasteiger partial charge on any atom is 0.317 e. The van der Waals surface area contributed by atoms with E-state index in [1.165, 1.54) is 5.56 Å². The van der Waals surface area contributed by atoms with Gasteiger partial charge < -0.3 is 5.11 Å². The molecule has 0 heterocycles. The van der Waals surface area contributed by atoms with Crippen LogP contribution in [0.4, 0.5) is 0 Å². The van der Waals surface area contributed by atoms with Crippen molar-refractivity contribution in [2.24, 2.45) is 0 Å². The number of hydrogen-bond acceptors (Lipinski definition) is 2. The highest BCUT2D eigenvalue weighted by Gasteiger charge is 2.07. The zero-order chi connectivity index (χ0) is 11.4. The van der Waals surface area contributed by atoms with Crippen LogP contribution in [0.15, 0.2) is 22.7 Å². The zero-order valence-corrected chi connectivity index (χ0v) is 10.4. The van der Waals surface area contributed by atoms with Crippen LogP contribution in [0.1, 0.15) is 11.1 Å². The van der Waals surface area contributed by atoms with Crippen LogP contribution >= 0.6 is 15.9 Å². The number of carbonyl (C=O) groups is 1. The van der Waals surface area contributed by atoms with Crippen molar-refractivity contribution in [1.29, 1.82) is 0 Å².